The number of likely N-dealkylation sites (N-methyl/N-ethyl adjacent to an activating group) is 1. The summed E-state index contributed by atoms with van der Waals surface area (Å²) in [6, 6.07) is 14.9. The van der Waals surface area contributed by atoms with Crippen molar-refractivity contribution in [3.05, 3.63) is 76.7 Å². The number of aliphatic imine (C=N–C) groups is 1. The van der Waals surface area contributed by atoms with E-state index in [9.17, 15) is 4.39 Å². The zero-order valence-corrected chi connectivity index (χ0v) is 16.7. The van der Waals surface area contributed by atoms with Gasteiger partial charge in [0.25, 0.3) is 0 Å². The van der Waals surface area contributed by atoms with Gasteiger partial charge in [-0.3, -0.25) is 9.89 Å². The van der Waals surface area contributed by atoms with Crippen LogP contribution in [-0.4, -0.2) is 48.9 Å². The average molecular weight is 400 g/mol. The maximum absolute atomic E-state index is 13.5. The third-order valence-electron chi connectivity index (χ3n) is 5.38. The molecule has 2 unspecified atom stereocenters. The molecule has 2 aliphatic heterocycles. The van der Waals surface area contributed by atoms with Gasteiger partial charge in [0, 0.05) is 50.1 Å². The summed E-state index contributed by atoms with van der Waals surface area (Å²) in [5.41, 5.74) is 4.23. The molecule has 28 heavy (non-hydrogen) atoms. The Kier molecular flexibility index (Phi) is 5.38. The molecule has 0 radical (unpaired) electrons. The first kappa shape index (κ1) is 19.0. The van der Waals surface area contributed by atoms with Crippen LogP contribution in [0.2, 0.25) is 0 Å². The molecule has 0 saturated heterocycles. The fourth-order valence-corrected chi connectivity index (χ4v) is 4.13. The maximum atomic E-state index is 13.5. The van der Waals surface area contributed by atoms with Crippen LogP contribution in [-0.2, 0) is 6.54 Å². The zero-order valence-electron chi connectivity index (χ0n) is 16.0. The van der Waals surface area contributed by atoms with E-state index < -0.39 is 5.62 Å². The first-order chi connectivity index (χ1) is 13.5. The Morgan fingerprint density at radius 3 is 2.54 bits per heavy atom. The third-order valence-corrected chi connectivity index (χ3v) is 5.79. The van der Waals surface area contributed by atoms with Crippen LogP contribution >= 0.6 is 11.6 Å². The molecule has 0 N–H and O–H groups in total. The highest BCUT2D eigenvalue weighted by Crippen LogP contribution is 2.37. The second kappa shape index (κ2) is 7.94. The molecule has 0 fully saturated rings. The Bertz CT molecular complexity index is 895. The third kappa shape index (κ3) is 3.77. The summed E-state index contributed by atoms with van der Waals surface area (Å²) >= 11 is 6.37. The lowest BCUT2D eigenvalue weighted by molar-refractivity contribution is 0.230. The van der Waals surface area contributed by atoms with Crippen molar-refractivity contribution in [1.29, 1.82) is 0 Å². The molecule has 4 nitrogen and oxygen atoms in total. The van der Waals surface area contributed by atoms with Gasteiger partial charge in [-0.15, -0.1) is 0 Å². The summed E-state index contributed by atoms with van der Waals surface area (Å²) in [5.74, 6) is 0.740. The van der Waals surface area contributed by atoms with Crippen molar-refractivity contribution >= 4 is 17.8 Å². The quantitative estimate of drug-likeness (QED) is 0.569. The SMILES string of the molecule is COc1ccc(CN2CC3=C(C(c4ccc(F)cc4)C2)N(C)C(Cl)N=C3)cc1. The van der Waals surface area contributed by atoms with Gasteiger partial charge in [0.2, 0.25) is 0 Å². The Labute approximate surface area is 169 Å². The highest BCUT2D eigenvalue weighted by atomic mass is 35.5. The summed E-state index contributed by atoms with van der Waals surface area (Å²) < 4.78 is 18.7. The van der Waals surface area contributed by atoms with E-state index in [-0.39, 0.29) is 11.7 Å². The monoisotopic (exact) mass is 399 g/mol. The summed E-state index contributed by atoms with van der Waals surface area (Å²) in [5, 5.41) is 0. The van der Waals surface area contributed by atoms with E-state index >= 15 is 0 Å². The Morgan fingerprint density at radius 1 is 1.14 bits per heavy atom. The van der Waals surface area contributed by atoms with Crippen molar-refractivity contribution in [1.82, 2.24) is 9.80 Å². The molecule has 2 aromatic carbocycles. The number of hydrogen-bond acceptors (Lipinski definition) is 4. The lowest BCUT2D eigenvalue weighted by atomic mass is 9.87. The Balaban J connectivity index is 1.64. The summed E-state index contributed by atoms with van der Waals surface area (Å²) in [7, 11) is 3.64. The van der Waals surface area contributed by atoms with Crippen molar-refractivity contribution in [2.75, 3.05) is 27.2 Å². The first-order valence-electron chi connectivity index (χ1n) is 9.29. The average Bonchev–Trinajstić information content (AvgIpc) is 2.71. The van der Waals surface area contributed by atoms with Gasteiger partial charge in [-0.05, 0) is 35.4 Å². The van der Waals surface area contributed by atoms with Gasteiger partial charge < -0.3 is 9.64 Å². The largest absolute Gasteiger partial charge is 0.497 e. The highest BCUT2D eigenvalue weighted by Gasteiger charge is 2.34. The van der Waals surface area contributed by atoms with Gasteiger partial charge in [0.15, 0.2) is 5.62 Å². The number of halogens is 2. The van der Waals surface area contributed by atoms with Gasteiger partial charge >= 0.3 is 0 Å². The number of rotatable bonds is 4. The van der Waals surface area contributed by atoms with Crippen LogP contribution in [0.3, 0.4) is 0 Å². The van der Waals surface area contributed by atoms with Gasteiger partial charge in [0.1, 0.15) is 11.6 Å². The second-order valence-electron chi connectivity index (χ2n) is 7.23. The van der Waals surface area contributed by atoms with Crippen LogP contribution in [0, 0.1) is 5.82 Å². The van der Waals surface area contributed by atoms with Gasteiger partial charge in [-0.2, -0.15) is 0 Å². The molecule has 146 valence electrons. The van der Waals surface area contributed by atoms with E-state index in [0.29, 0.717) is 0 Å². The van der Waals surface area contributed by atoms with Crippen LogP contribution < -0.4 is 4.74 Å². The van der Waals surface area contributed by atoms with E-state index in [0.717, 1.165) is 36.5 Å². The van der Waals surface area contributed by atoms with E-state index in [1.807, 2.05) is 42.4 Å². The molecule has 2 heterocycles. The van der Waals surface area contributed by atoms with Crippen molar-refractivity contribution in [3.63, 3.8) is 0 Å². The number of methoxy groups -OCH3 is 1. The Hall–Kier alpha value is -2.37. The van der Waals surface area contributed by atoms with Crippen LogP contribution in [0.5, 0.6) is 5.75 Å². The lowest BCUT2D eigenvalue weighted by Gasteiger charge is -2.42. The van der Waals surface area contributed by atoms with Crippen LogP contribution in [0.15, 0.2) is 64.8 Å². The topological polar surface area (TPSA) is 28.1 Å². The highest BCUT2D eigenvalue weighted by molar-refractivity contribution is 6.21. The zero-order chi connectivity index (χ0) is 19.7. The van der Waals surface area contributed by atoms with E-state index in [1.165, 1.54) is 23.4 Å². The van der Waals surface area contributed by atoms with Crippen molar-refractivity contribution in [2.24, 2.45) is 4.99 Å². The van der Waals surface area contributed by atoms with Crippen molar-refractivity contribution in [2.45, 2.75) is 18.1 Å². The summed E-state index contributed by atoms with van der Waals surface area (Å²) in [4.78, 5) is 8.82. The maximum Gasteiger partial charge on any atom is 0.197 e. The van der Waals surface area contributed by atoms with Crippen molar-refractivity contribution in [3.8, 4) is 5.75 Å². The number of hydrogen-bond donors (Lipinski definition) is 0. The molecule has 0 aliphatic carbocycles. The smallest absolute Gasteiger partial charge is 0.197 e. The Morgan fingerprint density at radius 2 is 1.86 bits per heavy atom. The molecule has 2 aliphatic rings. The molecule has 2 atom stereocenters. The molecule has 4 rings (SSSR count). The molecule has 6 heteroatoms. The number of nitrogens with zero attached hydrogens (tertiary/aromatic N) is 3. The summed E-state index contributed by atoms with van der Waals surface area (Å²) in [6.07, 6.45) is 1.89. The van der Waals surface area contributed by atoms with Crippen LogP contribution in [0.4, 0.5) is 4.39 Å². The molecule has 0 bridgehead atoms. The molecule has 0 saturated carbocycles. The number of benzene rings is 2. The number of ether oxygens (including phenoxy) is 1. The minimum Gasteiger partial charge on any atom is -0.497 e. The predicted molar refractivity (Wildman–Crippen MR) is 110 cm³/mol. The molecule has 0 aromatic heterocycles. The second-order valence-corrected chi connectivity index (χ2v) is 7.62. The van der Waals surface area contributed by atoms with Crippen LogP contribution in [0.1, 0.15) is 17.0 Å². The standard InChI is InChI=1S/C22H23ClFN3O/c1-26-21-17(11-25-22(26)23)13-27(12-15-3-9-19(28-2)10-4-15)14-20(21)16-5-7-18(24)8-6-16/h3-11,20,22H,12-14H2,1-2H3. The van der Waals surface area contributed by atoms with E-state index in [4.69, 9.17) is 16.3 Å². The molecule has 0 amide bonds. The number of alkyl halides is 1. The molecule has 0 spiro atoms. The lowest BCUT2D eigenvalue weighted by Crippen LogP contribution is -2.43. The minimum atomic E-state index is -0.408. The fraction of sp³-hybridized carbons (Fsp3) is 0.318. The van der Waals surface area contributed by atoms with E-state index in [2.05, 4.69) is 22.0 Å². The fourth-order valence-electron chi connectivity index (χ4n) is 3.97. The van der Waals surface area contributed by atoms with E-state index in [1.54, 1.807) is 7.11 Å². The van der Waals surface area contributed by atoms with Crippen LogP contribution in [0.25, 0.3) is 0 Å². The summed E-state index contributed by atoms with van der Waals surface area (Å²) in [6.45, 7) is 2.45. The normalized spacial score (nSPS) is 22.4. The molecular weight excluding hydrogens is 377 g/mol. The van der Waals surface area contributed by atoms with Crippen molar-refractivity contribution < 1.29 is 9.13 Å². The first-order valence-corrected chi connectivity index (χ1v) is 9.72. The van der Waals surface area contributed by atoms with Gasteiger partial charge in [-0.25, -0.2) is 4.39 Å². The predicted octanol–water partition coefficient (Wildman–Crippen LogP) is 4.23. The molecular formula is C22H23ClFN3O. The molecule has 2 aromatic rings. The van der Waals surface area contributed by atoms with Gasteiger partial charge in [0.05, 0.1) is 7.11 Å². The minimum absolute atomic E-state index is 0.112. The van der Waals surface area contributed by atoms with Gasteiger partial charge in [-0.1, -0.05) is 35.9 Å².